The molecule has 1 aromatic carbocycles. The summed E-state index contributed by atoms with van der Waals surface area (Å²) < 4.78 is 0. The maximum Gasteiger partial charge on any atom is 0.230 e. The molecule has 1 aliphatic heterocycles. The second-order valence-corrected chi connectivity index (χ2v) is 6.25. The van der Waals surface area contributed by atoms with Crippen LogP contribution in [0.15, 0.2) is 35.2 Å². The molecule has 1 amide bonds. The number of carbonyl (C=O) groups is 1. The lowest BCUT2D eigenvalue weighted by molar-refractivity contribution is -0.120. The number of hydrogen-bond donors (Lipinski definition) is 2. The van der Waals surface area contributed by atoms with E-state index in [0.29, 0.717) is 17.7 Å². The summed E-state index contributed by atoms with van der Waals surface area (Å²) in [6.07, 6.45) is 1.13. The number of nitrogens with one attached hydrogen (secondary N) is 2. The van der Waals surface area contributed by atoms with Gasteiger partial charge in [0.1, 0.15) is 0 Å². The Morgan fingerprint density at radius 3 is 2.79 bits per heavy atom. The number of hydrogen-bond acceptors (Lipinski definition) is 3. The van der Waals surface area contributed by atoms with E-state index in [1.807, 2.05) is 30.3 Å². The quantitative estimate of drug-likeness (QED) is 0.830. The number of piperidine rings is 1. The Morgan fingerprint density at radius 2 is 2.11 bits per heavy atom. The molecule has 0 bridgehead atoms. The average molecular weight is 278 g/mol. The summed E-state index contributed by atoms with van der Waals surface area (Å²) in [5.74, 6) is 1.16. The average Bonchev–Trinajstić information content (AvgIpc) is 2.42. The van der Waals surface area contributed by atoms with Gasteiger partial charge in [-0.05, 0) is 37.9 Å². The number of thioether (sulfide) groups is 1. The van der Waals surface area contributed by atoms with E-state index in [0.717, 1.165) is 17.9 Å². The number of benzene rings is 1. The Morgan fingerprint density at radius 1 is 1.37 bits per heavy atom. The third-order valence-electron chi connectivity index (χ3n) is 3.66. The molecule has 0 saturated carbocycles. The maximum absolute atomic E-state index is 12.0. The lowest BCUT2D eigenvalue weighted by Gasteiger charge is -2.36. The summed E-state index contributed by atoms with van der Waals surface area (Å²) in [6, 6.07) is 10.6. The summed E-state index contributed by atoms with van der Waals surface area (Å²) in [4.78, 5) is 13.2. The summed E-state index contributed by atoms with van der Waals surface area (Å²) >= 11 is 1.59. The molecule has 4 heteroatoms. The van der Waals surface area contributed by atoms with E-state index >= 15 is 0 Å². The van der Waals surface area contributed by atoms with Crippen molar-refractivity contribution in [2.24, 2.45) is 5.92 Å². The standard InChI is InChI=1S/C15H22N2OS/c1-11-8-9-16-12(2)15(11)17-14(18)10-19-13-6-4-3-5-7-13/h3-7,11-12,15-16H,8-10H2,1-2H3,(H,17,18). The first-order valence-corrected chi connectivity index (χ1v) is 7.86. The molecule has 0 spiro atoms. The smallest absolute Gasteiger partial charge is 0.230 e. The zero-order chi connectivity index (χ0) is 13.7. The van der Waals surface area contributed by atoms with Gasteiger partial charge in [0.15, 0.2) is 0 Å². The van der Waals surface area contributed by atoms with Crippen LogP contribution in [0.2, 0.25) is 0 Å². The lowest BCUT2D eigenvalue weighted by atomic mass is 9.89. The Hall–Kier alpha value is -1.00. The highest BCUT2D eigenvalue weighted by atomic mass is 32.2. The van der Waals surface area contributed by atoms with Gasteiger partial charge < -0.3 is 10.6 Å². The number of rotatable bonds is 4. The molecule has 1 saturated heterocycles. The maximum atomic E-state index is 12.0. The van der Waals surface area contributed by atoms with Crippen molar-refractivity contribution in [3.63, 3.8) is 0 Å². The largest absolute Gasteiger partial charge is 0.351 e. The van der Waals surface area contributed by atoms with Gasteiger partial charge >= 0.3 is 0 Å². The third-order valence-corrected chi connectivity index (χ3v) is 4.67. The van der Waals surface area contributed by atoms with E-state index in [-0.39, 0.29) is 11.9 Å². The van der Waals surface area contributed by atoms with Gasteiger partial charge in [-0.1, -0.05) is 25.1 Å². The second-order valence-electron chi connectivity index (χ2n) is 5.20. The lowest BCUT2D eigenvalue weighted by Crippen LogP contribution is -2.56. The van der Waals surface area contributed by atoms with E-state index < -0.39 is 0 Å². The predicted molar refractivity (Wildman–Crippen MR) is 80.3 cm³/mol. The van der Waals surface area contributed by atoms with Crippen molar-refractivity contribution in [1.82, 2.24) is 10.6 Å². The van der Waals surface area contributed by atoms with Crippen LogP contribution in [0, 0.1) is 5.92 Å². The Bertz CT molecular complexity index is 400. The Kier molecular flexibility index (Phi) is 5.28. The molecule has 3 unspecified atom stereocenters. The first-order chi connectivity index (χ1) is 9.16. The summed E-state index contributed by atoms with van der Waals surface area (Å²) in [5, 5.41) is 6.59. The highest BCUT2D eigenvalue weighted by Gasteiger charge is 2.28. The van der Waals surface area contributed by atoms with Gasteiger partial charge in [0, 0.05) is 17.0 Å². The molecule has 1 aliphatic rings. The van der Waals surface area contributed by atoms with E-state index in [2.05, 4.69) is 24.5 Å². The monoisotopic (exact) mass is 278 g/mol. The molecule has 1 aromatic rings. The molecule has 2 N–H and O–H groups in total. The van der Waals surface area contributed by atoms with E-state index in [9.17, 15) is 4.79 Å². The molecule has 0 radical (unpaired) electrons. The number of amides is 1. The summed E-state index contributed by atoms with van der Waals surface area (Å²) in [5.41, 5.74) is 0. The molecular formula is C15H22N2OS. The molecule has 1 fully saturated rings. The van der Waals surface area contributed by atoms with Crippen molar-refractivity contribution < 1.29 is 4.79 Å². The van der Waals surface area contributed by atoms with Crippen molar-refractivity contribution in [3.05, 3.63) is 30.3 Å². The van der Waals surface area contributed by atoms with Crippen LogP contribution in [-0.4, -0.2) is 30.3 Å². The van der Waals surface area contributed by atoms with Crippen molar-refractivity contribution in [2.75, 3.05) is 12.3 Å². The fraction of sp³-hybridized carbons (Fsp3) is 0.533. The van der Waals surface area contributed by atoms with E-state index in [1.54, 1.807) is 11.8 Å². The normalized spacial score (nSPS) is 26.9. The SMILES string of the molecule is CC1CCNC(C)C1NC(=O)CSc1ccccc1. The van der Waals surface area contributed by atoms with Crippen molar-refractivity contribution in [2.45, 2.75) is 37.2 Å². The van der Waals surface area contributed by atoms with Gasteiger partial charge in [0.2, 0.25) is 5.91 Å². The van der Waals surface area contributed by atoms with Gasteiger partial charge in [-0.3, -0.25) is 4.79 Å². The van der Waals surface area contributed by atoms with Gasteiger partial charge in [0.05, 0.1) is 5.75 Å². The minimum Gasteiger partial charge on any atom is -0.351 e. The number of carbonyl (C=O) groups excluding carboxylic acids is 1. The Balaban J connectivity index is 1.80. The molecule has 0 aromatic heterocycles. The molecule has 3 nitrogen and oxygen atoms in total. The van der Waals surface area contributed by atoms with Crippen LogP contribution >= 0.6 is 11.8 Å². The Labute approximate surface area is 119 Å². The molecule has 1 heterocycles. The first kappa shape index (κ1) is 14.4. The summed E-state index contributed by atoms with van der Waals surface area (Å²) in [7, 11) is 0. The van der Waals surface area contributed by atoms with Crippen LogP contribution < -0.4 is 10.6 Å². The molecule has 0 aliphatic carbocycles. The van der Waals surface area contributed by atoms with E-state index in [4.69, 9.17) is 0 Å². The van der Waals surface area contributed by atoms with Gasteiger partial charge in [0.25, 0.3) is 0 Å². The molecule has 104 valence electrons. The van der Waals surface area contributed by atoms with Crippen LogP contribution in [0.1, 0.15) is 20.3 Å². The van der Waals surface area contributed by atoms with Crippen LogP contribution in [0.25, 0.3) is 0 Å². The second kappa shape index (κ2) is 6.96. The minimum absolute atomic E-state index is 0.126. The zero-order valence-electron chi connectivity index (χ0n) is 11.6. The van der Waals surface area contributed by atoms with E-state index in [1.165, 1.54) is 0 Å². The molecule has 19 heavy (non-hydrogen) atoms. The topological polar surface area (TPSA) is 41.1 Å². The fourth-order valence-electron chi connectivity index (χ4n) is 2.50. The van der Waals surface area contributed by atoms with Crippen LogP contribution in [0.4, 0.5) is 0 Å². The summed E-state index contributed by atoms with van der Waals surface area (Å²) in [6.45, 7) is 5.41. The van der Waals surface area contributed by atoms with Crippen molar-refractivity contribution >= 4 is 17.7 Å². The minimum atomic E-state index is 0.126. The third kappa shape index (κ3) is 4.25. The molecule has 2 rings (SSSR count). The molecule has 3 atom stereocenters. The highest BCUT2D eigenvalue weighted by molar-refractivity contribution is 8.00. The zero-order valence-corrected chi connectivity index (χ0v) is 12.4. The van der Waals surface area contributed by atoms with Crippen LogP contribution in [0.5, 0.6) is 0 Å². The molecular weight excluding hydrogens is 256 g/mol. The van der Waals surface area contributed by atoms with Crippen LogP contribution in [-0.2, 0) is 4.79 Å². The van der Waals surface area contributed by atoms with Crippen molar-refractivity contribution in [3.8, 4) is 0 Å². The van der Waals surface area contributed by atoms with Gasteiger partial charge in [-0.15, -0.1) is 11.8 Å². The van der Waals surface area contributed by atoms with Gasteiger partial charge in [-0.25, -0.2) is 0 Å². The predicted octanol–water partition coefficient (Wildman–Crippen LogP) is 2.28. The van der Waals surface area contributed by atoms with Crippen molar-refractivity contribution in [1.29, 1.82) is 0 Å². The van der Waals surface area contributed by atoms with Gasteiger partial charge in [-0.2, -0.15) is 0 Å². The van der Waals surface area contributed by atoms with Crippen LogP contribution in [0.3, 0.4) is 0 Å². The highest BCUT2D eigenvalue weighted by Crippen LogP contribution is 2.18. The fourth-order valence-corrected chi connectivity index (χ4v) is 3.23. The first-order valence-electron chi connectivity index (χ1n) is 6.87.